The van der Waals surface area contributed by atoms with Crippen LogP contribution >= 0.6 is 27.3 Å². The Morgan fingerprint density at radius 1 is 1.15 bits per heavy atom. The molecule has 2 aromatic carbocycles. The average Bonchev–Trinajstić information content (AvgIpc) is 3.17. The van der Waals surface area contributed by atoms with Crippen LogP contribution in [-0.2, 0) is 16.0 Å². The van der Waals surface area contributed by atoms with E-state index in [1.807, 2.05) is 24.3 Å². The molecule has 0 aliphatic carbocycles. The van der Waals surface area contributed by atoms with Crippen molar-refractivity contribution in [1.82, 2.24) is 9.97 Å². The SMILES string of the molecule is CCOC(=O)[C@@H](Cc1ccccc1OC)Oc1ncnc2sc(-c3ccc(F)cc3)c(Br)c12. The Hall–Kier alpha value is -3.04. The Balaban J connectivity index is 1.72. The first-order valence-corrected chi connectivity index (χ1v) is 11.8. The number of rotatable bonds is 8. The summed E-state index contributed by atoms with van der Waals surface area (Å²) in [6.07, 6.45) is 0.682. The smallest absolute Gasteiger partial charge is 0.347 e. The lowest BCUT2D eigenvalue weighted by Gasteiger charge is -2.18. The number of fused-ring (bicyclic) bond motifs is 1. The van der Waals surface area contributed by atoms with Crippen molar-refractivity contribution in [3.05, 3.63) is 70.7 Å². The highest BCUT2D eigenvalue weighted by Crippen LogP contribution is 2.44. The minimum absolute atomic E-state index is 0.223. The highest BCUT2D eigenvalue weighted by molar-refractivity contribution is 9.10. The number of benzene rings is 2. The summed E-state index contributed by atoms with van der Waals surface area (Å²) in [5.74, 6) is 0.0941. The first-order chi connectivity index (χ1) is 16.0. The van der Waals surface area contributed by atoms with Gasteiger partial charge in [0.25, 0.3) is 0 Å². The van der Waals surface area contributed by atoms with E-state index in [1.165, 1.54) is 29.8 Å². The van der Waals surface area contributed by atoms with E-state index in [4.69, 9.17) is 14.2 Å². The number of halogens is 2. The third-order valence-electron chi connectivity index (χ3n) is 4.90. The molecular weight excluding hydrogens is 511 g/mol. The first-order valence-electron chi connectivity index (χ1n) is 10.2. The van der Waals surface area contributed by atoms with Crippen LogP contribution in [0.1, 0.15) is 12.5 Å². The molecule has 0 amide bonds. The second-order valence-corrected chi connectivity index (χ2v) is 8.78. The zero-order valence-corrected chi connectivity index (χ0v) is 20.3. The molecule has 0 bridgehead atoms. The Kier molecular flexibility index (Phi) is 7.20. The zero-order valence-electron chi connectivity index (χ0n) is 17.9. The van der Waals surface area contributed by atoms with Gasteiger partial charge in [0.1, 0.15) is 22.7 Å². The van der Waals surface area contributed by atoms with Crippen molar-refractivity contribution in [2.45, 2.75) is 19.4 Å². The number of nitrogens with zero attached hydrogens (tertiary/aromatic N) is 2. The molecule has 9 heteroatoms. The van der Waals surface area contributed by atoms with Gasteiger partial charge in [0.2, 0.25) is 12.0 Å². The van der Waals surface area contributed by atoms with Crippen LogP contribution in [0, 0.1) is 5.82 Å². The Morgan fingerprint density at radius 2 is 1.91 bits per heavy atom. The van der Waals surface area contributed by atoms with Crippen LogP contribution in [0.2, 0.25) is 0 Å². The Bertz CT molecular complexity index is 1280. The number of hydrogen-bond donors (Lipinski definition) is 0. The van der Waals surface area contributed by atoms with Crippen molar-refractivity contribution in [2.24, 2.45) is 0 Å². The summed E-state index contributed by atoms with van der Waals surface area (Å²) in [5, 5.41) is 0.635. The molecule has 4 rings (SSSR count). The third kappa shape index (κ3) is 4.99. The zero-order chi connectivity index (χ0) is 23.4. The van der Waals surface area contributed by atoms with Crippen LogP contribution in [0.3, 0.4) is 0 Å². The molecule has 2 aromatic heterocycles. The molecule has 33 heavy (non-hydrogen) atoms. The standard InChI is InChI=1S/C24H20BrFN2O4S/c1-3-31-24(29)18(12-15-6-4-5-7-17(15)30-2)32-22-19-20(25)21(33-23(19)28-13-27-22)14-8-10-16(26)11-9-14/h4-11,13,18H,3,12H2,1-2H3/t18-/m1/s1. The molecule has 0 aliphatic rings. The summed E-state index contributed by atoms with van der Waals surface area (Å²) in [5.41, 5.74) is 1.63. The van der Waals surface area contributed by atoms with E-state index in [9.17, 15) is 9.18 Å². The number of para-hydroxylation sites is 1. The van der Waals surface area contributed by atoms with Crippen molar-refractivity contribution in [3.8, 4) is 22.1 Å². The van der Waals surface area contributed by atoms with Gasteiger partial charge >= 0.3 is 5.97 Å². The van der Waals surface area contributed by atoms with Crippen molar-refractivity contribution in [2.75, 3.05) is 13.7 Å². The van der Waals surface area contributed by atoms with Crippen molar-refractivity contribution >= 4 is 43.5 Å². The normalized spacial score (nSPS) is 11.9. The number of methoxy groups -OCH3 is 1. The van der Waals surface area contributed by atoms with Crippen LogP contribution in [0.5, 0.6) is 11.6 Å². The summed E-state index contributed by atoms with van der Waals surface area (Å²) in [6, 6.07) is 13.6. The molecule has 4 aromatic rings. The predicted octanol–water partition coefficient (Wildman–Crippen LogP) is 5.82. The maximum absolute atomic E-state index is 13.4. The second kappa shape index (κ2) is 10.3. The number of hydrogen-bond acceptors (Lipinski definition) is 7. The van der Waals surface area contributed by atoms with Crippen LogP contribution in [0.25, 0.3) is 20.7 Å². The van der Waals surface area contributed by atoms with Gasteiger partial charge in [-0.2, -0.15) is 0 Å². The molecule has 170 valence electrons. The number of carbonyl (C=O) groups excluding carboxylic acids is 1. The molecule has 1 atom stereocenters. The van der Waals surface area contributed by atoms with Gasteiger partial charge < -0.3 is 14.2 Å². The summed E-state index contributed by atoms with van der Waals surface area (Å²) >= 11 is 5.04. The van der Waals surface area contributed by atoms with Gasteiger partial charge in [0, 0.05) is 6.42 Å². The van der Waals surface area contributed by atoms with Gasteiger partial charge in [-0.05, 0) is 52.2 Å². The quantitative estimate of drug-likeness (QED) is 0.267. The Labute approximate surface area is 202 Å². The monoisotopic (exact) mass is 530 g/mol. The van der Waals surface area contributed by atoms with Gasteiger partial charge in [0.05, 0.1) is 28.5 Å². The van der Waals surface area contributed by atoms with Crippen LogP contribution in [0.15, 0.2) is 59.3 Å². The summed E-state index contributed by atoms with van der Waals surface area (Å²) < 4.78 is 30.9. The van der Waals surface area contributed by atoms with Gasteiger partial charge in [0.15, 0.2) is 0 Å². The van der Waals surface area contributed by atoms with E-state index in [1.54, 1.807) is 26.2 Å². The molecule has 0 unspecified atom stereocenters. The summed E-state index contributed by atoms with van der Waals surface area (Å²) in [6.45, 7) is 1.96. The number of thiophene rings is 1. The molecule has 0 radical (unpaired) electrons. The lowest BCUT2D eigenvalue weighted by Crippen LogP contribution is -2.32. The fourth-order valence-corrected chi connectivity index (χ4v) is 5.36. The van der Waals surface area contributed by atoms with Crippen LogP contribution in [0.4, 0.5) is 4.39 Å². The minimum Gasteiger partial charge on any atom is -0.496 e. The molecule has 0 N–H and O–H groups in total. The summed E-state index contributed by atoms with van der Waals surface area (Å²) in [4.78, 5) is 22.9. The van der Waals surface area contributed by atoms with Gasteiger partial charge in [-0.3, -0.25) is 0 Å². The van der Waals surface area contributed by atoms with E-state index < -0.39 is 12.1 Å². The maximum atomic E-state index is 13.4. The van der Waals surface area contributed by atoms with E-state index in [0.717, 1.165) is 16.0 Å². The first kappa shape index (κ1) is 23.1. The molecule has 0 aliphatic heterocycles. The van der Waals surface area contributed by atoms with Gasteiger partial charge in [-0.1, -0.05) is 30.3 Å². The van der Waals surface area contributed by atoms with E-state index >= 15 is 0 Å². The summed E-state index contributed by atoms with van der Waals surface area (Å²) in [7, 11) is 1.58. The minimum atomic E-state index is -0.944. The van der Waals surface area contributed by atoms with Crippen molar-refractivity contribution in [3.63, 3.8) is 0 Å². The number of esters is 1. The predicted molar refractivity (Wildman–Crippen MR) is 128 cm³/mol. The largest absolute Gasteiger partial charge is 0.496 e. The van der Waals surface area contributed by atoms with E-state index in [2.05, 4.69) is 25.9 Å². The lowest BCUT2D eigenvalue weighted by atomic mass is 10.1. The molecule has 0 saturated carbocycles. The highest BCUT2D eigenvalue weighted by atomic mass is 79.9. The molecule has 2 heterocycles. The second-order valence-electron chi connectivity index (χ2n) is 6.99. The fraction of sp³-hybridized carbons (Fsp3) is 0.208. The molecule has 0 saturated heterocycles. The van der Waals surface area contributed by atoms with Gasteiger partial charge in [-0.15, -0.1) is 11.3 Å². The van der Waals surface area contributed by atoms with Crippen molar-refractivity contribution < 1.29 is 23.4 Å². The van der Waals surface area contributed by atoms with Crippen molar-refractivity contribution in [1.29, 1.82) is 0 Å². The Morgan fingerprint density at radius 3 is 2.64 bits per heavy atom. The van der Waals surface area contributed by atoms with Gasteiger partial charge in [-0.25, -0.2) is 19.2 Å². The molecule has 0 spiro atoms. The average molecular weight is 531 g/mol. The van der Waals surface area contributed by atoms with Crippen LogP contribution < -0.4 is 9.47 Å². The lowest BCUT2D eigenvalue weighted by molar-refractivity contribution is -0.151. The molecule has 0 fully saturated rings. The molecular formula is C24H20BrFN2O4S. The topological polar surface area (TPSA) is 70.5 Å². The number of aromatic nitrogens is 2. The fourth-order valence-electron chi connectivity index (χ4n) is 3.37. The van der Waals surface area contributed by atoms with Crippen LogP contribution in [-0.4, -0.2) is 35.8 Å². The number of carbonyl (C=O) groups is 1. The molecule has 6 nitrogen and oxygen atoms in total. The maximum Gasteiger partial charge on any atom is 0.347 e. The number of ether oxygens (including phenoxy) is 3. The van der Waals surface area contributed by atoms with E-state index in [-0.39, 0.29) is 24.7 Å². The third-order valence-corrected chi connectivity index (χ3v) is 7.11. The highest BCUT2D eigenvalue weighted by Gasteiger charge is 2.27. The van der Waals surface area contributed by atoms with E-state index in [0.29, 0.717) is 20.4 Å².